The second-order valence-electron chi connectivity index (χ2n) is 10.3. The number of nitrogens with zero attached hydrogens (tertiary/aromatic N) is 1. The number of fused-ring (bicyclic) bond motifs is 1. The molecule has 0 aromatic heterocycles. The number of likely N-dealkylation sites (N-methyl/N-ethyl adjacent to an activating group) is 1. The zero-order valence-corrected chi connectivity index (χ0v) is 21.7. The number of ether oxygens (including phenoxy) is 1. The van der Waals surface area contributed by atoms with Crippen LogP contribution < -0.4 is 26.0 Å². The molecule has 1 aliphatic rings. The average Bonchev–Trinajstić information content (AvgIpc) is 2.81. The van der Waals surface area contributed by atoms with Crippen LogP contribution in [0.1, 0.15) is 59.8 Å². The Morgan fingerprint density at radius 1 is 1.29 bits per heavy atom. The lowest BCUT2D eigenvalue weighted by Crippen LogP contribution is -2.51. The minimum Gasteiger partial charge on any atom is -0.477 e. The Kier molecular flexibility index (Phi) is 10.5. The highest BCUT2D eigenvalue weighted by Gasteiger charge is 2.36. The summed E-state index contributed by atoms with van der Waals surface area (Å²) in [5.74, 6) is -0.406. The zero-order chi connectivity index (χ0) is 26.2. The van der Waals surface area contributed by atoms with E-state index in [9.17, 15) is 19.5 Å². The predicted molar refractivity (Wildman–Crippen MR) is 136 cm³/mol. The number of para-hydroxylation sites is 2. The Hall–Kier alpha value is -2.65. The van der Waals surface area contributed by atoms with Gasteiger partial charge in [-0.25, -0.2) is 0 Å². The van der Waals surface area contributed by atoms with Gasteiger partial charge in [-0.2, -0.15) is 0 Å². The third-order valence-corrected chi connectivity index (χ3v) is 6.40. The predicted octanol–water partition coefficient (Wildman–Crippen LogP) is 1.96. The minimum absolute atomic E-state index is 0.0872. The maximum absolute atomic E-state index is 13.4. The Morgan fingerprint density at radius 2 is 1.97 bits per heavy atom. The molecule has 0 spiro atoms. The van der Waals surface area contributed by atoms with Crippen LogP contribution in [0.4, 0.5) is 5.69 Å². The molecule has 35 heavy (non-hydrogen) atoms. The molecule has 0 bridgehead atoms. The number of unbranched alkanes of at least 4 members (excludes halogenated alkanes) is 1. The smallest absolute Gasteiger partial charge is 0.262 e. The first-order valence-electron chi connectivity index (χ1n) is 12.5. The molecule has 4 atom stereocenters. The number of anilines is 1. The van der Waals surface area contributed by atoms with Crippen molar-refractivity contribution < 1.29 is 24.2 Å². The molecule has 1 heterocycles. The number of carbonyl (C=O) groups excluding carboxylic acids is 3. The van der Waals surface area contributed by atoms with Crippen LogP contribution in [0.25, 0.3) is 0 Å². The summed E-state index contributed by atoms with van der Waals surface area (Å²) in [7, 11) is 1.53. The molecule has 1 aromatic rings. The number of hydrogen-bond acceptors (Lipinski definition) is 6. The standard InChI is InChI=1S/C26H42N4O5/c1-6-7-12-29-24(33)17(2)13-20(31)18(27)14-26(3,4)15-23(32)30-16-22(25(34)28-5)35-21-11-9-8-10-19(21)30/h8-11,17-18,20,22,31H,6-7,12-16,27H2,1-5H3,(H,28,34)(H,29,33)/t17-,18+,20+,22?/m1/s1. The van der Waals surface area contributed by atoms with Crippen LogP contribution in [0.15, 0.2) is 24.3 Å². The van der Waals surface area contributed by atoms with Crippen molar-refractivity contribution >= 4 is 23.4 Å². The second kappa shape index (κ2) is 12.9. The summed E-state index contributed by atoms with van der Waals surface area (Å²) in [6, 6.07) is 6.56. The molecule has 1 unspecified atom stereocenters. The third kappa shape index (κ3) is 8.21. The molecule has 0 aliphatic carbocycles. The maximum Gasteiger partial charge on any atom is 0.262 e. The maximum atomic E-state index is 13.4. The van der Waals surface area contributed by atoms with Gasteiger partial charge in [0.25, 0.3) is 5.91 Å². The third-order valence-electron chi connectivity index (χ3n) is 6.40. The van der Waals surface area contributed by atoms with E-state index in [1.54, 1.807) is 30.0 Å². The van der Waals surface area contributed by atoms with Crippen LogP contribution in [-0.2, 0) is 14.4 Å². The largest absolute Gasteiger partial charge is 0.477 e. The van der Waals surface area contributed by atoms with Crippen LogP contribution in [0.5, 0.6) is 5.75 Å². The highest BCUT2D eigenvalue weighted by molar-refractivity contribution is 5.97. The first kappa shape index (κ1) is 28.6. The molecule has 5 N–H and O–H groups in total. The summed E-state index contributed by atoms with van der Waals surface area (Å²) in [5.41, 5.74) is 6.42. The molecule has 9 nitrogen and oxygen atoms in total. The number of carbonyl (C=O) groups is 3. The van der Waals surface area contributed by atoms with Gasteiger partial charge in [-0.3, -0.25) is 14.4 Å². The number of nitrogens with one attached hydrogen (secondary N) is 2. The molecule has 0 radical (unpaired) electrons. The van der Waals surface area contributed by atoms with Gasteiger partial charge in [0.05, 0.1) is 18.3 Å². The van der Waals surface area contributed by atoms with Gasteiger partial charge in [-0.15, -0.1) is 0 Å². The Morgan fingerprint density at radius 3 is 2.63 bits per heavy atom. The second-order valence-corrected chi connectivity index (χ2v) is 10.3. The normalized spacial score (nSPS) is 18.0. The van der Waals surface area contributed by atoms with Crippen molar-refractivity contribution in [1.29, 1.82) is 0 Å². The molecule has 1 aliphatic heterocycles. The number of hydrogen-bond donors (Lipinski definition) is 4. The van der Waals surface area contributed by atoms with Gasteiger partial charge in [0, 0.05) is 32.0 Å². The number of rotatable bonds is 12. The fourth-order valence-electron chi connectivity index (χ4n) is 4.33. The molecular formula is C26H42N4O5. The van der Waals surface area contributed by atoms with Gasteiger partial charge in [-0.1, -0.05) is 46.2 Å². The molecule has 0 fully saturated rings. The zero-order valence-electron chi connectivity index (χ0n) is 21.7. The highest BCUT2D eigenvalue weighted by Crippen LogP contribution is 2.36. The van der Waals surface area contributed by atoms with E-state index >= 15 is 0 Å². The number of amides is 3. The monoisotopic (exact) mass is 490 g/mol. The summed E-state index contributed by atoms with van der Waals surface area (Å²) < 4.78 is 5.79. The fraction of sp³-hybridized carbons (Fsp3) is 0.654. The first-order valence-corrected chi connectivity index (χ1v) is 12.5. The SMILES string of the molecule is CCCCNC(=O)[C@H](C)C[C@H](O)[C@@H](N)CC(C)(C)CC(=O)N1CC(C(=O)NC)Oc2ccccc21. The van der Waals surface area contributed by atoms with Crippen molar-refractivity contribution in [3.63, 3.8) is 0 Å². The van der Waals surface area contributed by atoms with Crippen molar-refractivity contribution in [1.82, 2.24) is 10.6 Å². The van der Waals surface area contributed by atoms with Crippen molar-refractivity contribution in [2.75, 3.05) is 25.0 Å². The van der Waals surface area contributed by atoms with Crippen molar-refractivity contribution in [3.8, 4) is 5.75 Å². The summed E-state index contributed by atoms with van der Waals surface area (Å²) >= 11 is 0. The van der Waals surface area contributed by atoms with Gasteiger partial charge in [-0.05, 0) is 36.8 Å². The van der Waals surface area contributed by atoms with E-state index in [-0.39, 0.29) is 43.0 Å². The van der Waals surface area contributed by atoms with Crippen LogP contribution >= 0.6 is 0 Å². The Bertz CT molecular complexity index is 875. The minimum atomic E-state index is -0.863. The van der Waals surface area contributed by atoms with Crippen molar-refractivity contribution in [3.05, 3.63) is 24.3 Å². The fourth-order valence-corrected chi connectivity index (χ4v) is 4.33. The molecule has 196 valence electrons. The summed E-state index contributed by atoms with van der Waals surface area (Å²) in [5, 5.41) is 16.1. The lowest BCUT2D eigenvalue weighted by atomic mass is 9.80. The number of aliphatic hydroxyl groups excluding tert-OH is 1. The van der Waals surface area contributed by atoms with E-state index in [2.05, 4.69) is 17.6 Å². The van der Waals surface area contributed by atoms with E-state index < -0.39 is 23.7 Å². The molecular weight excluding hydrogens is 448 g/mol. The van der Waals surface area contributed by atoms with Crippen molar-refractivity contribution in [2.24, 2.45) is 17.1 Å². The summed E-state index contributed by atoms with van der Waals surface area (Å²) in [4.78, 5) is 39.4. The quantitative estimate of drug-likeness (QED) is 0.331. The molecule has 1 aromatic carbocycles. The van der Waals surface area contributed by atoms with E-state index in [1.807, 2.05) is 19.9 Å². The number of nitrogens with two attached hydrogens (primary N) is 1. The van der Waals surface area contributed by atoms with Gasteiger partial charge < -0.3 is 31.1 Å². The van der Waals surface area contributed by atoms with E-state index in [4.69, 9.17) is 10.5 Å². The van der Waals surface area contributed by atoms with Gasteiger partial charge in [0.2, 0.25) is 11.8 Å². The highest BCUT2D eigenvalue weighted by atomic mass is 16.5. The van der Waals surface area contributed by atoms with Crippen LogP contribution in [-0.4, -0.2) is 61.2 Å². The van der Waals surface area contributed by atoms with Gasteiger partial charge in [0.15, 0.2) is 6.10 Å². The van der Waals surface area contributed by atoms with E-state index in [0.717, 1.165) is 12.8 Å². The number of benzene rings is 1. The lowest BCUT2D eigenvalue weighted by molar-refractivity contribution is -0.128. The van der Waals surface area contributed by atoms with Crippen molar-refractivity contribution in [2.45, 2.75) is 78.0 Å². The number of aliphatic hydroxyl groups is 1. The Balaban J connectivity index is 1.99. The summed E-state index contributed by atoms with van der Waals surface area (Å²) in [6.45, 7) is 8.45. The topological polar surface area (TPSA) is 134 Å². The van der Waals surface area contributed by atoms with Crippen LogP contribution in [0.3, 0.4) is 0 Å². The first-order chi connectivity index (χ1) is 16.5. The molecule has 0 saturated carbocycles. The lowest BCUT2D eigenvalue weighted by Gasteiger charge is -2.37. The molecule has 0 saturated heterocycles. The van der Waals surface area contributed by atoms with Crippen LogP contribution in [0, 0.1) is 11.3 Å². The van der Waals surface area contributed by atoms with E-state index in [1.165, 1.54) is 7.05 Å². The van der Waals surface area contributed by atoms with Crippen LogP contribution in [0.2, 0.25) is 0 Å². The van der Waals surface area contributed by atoms with Gasteiger partial charge in [0.1, 0.15) is 5.75 Å². The average molecular weight is 491 g/mol. The summed E-state index contributed by atoms with van der Waals surface area (Å²) in [6.07, 6.45) is 1.09. The van der Waals surface area contributed by atoms with Gasteiger partial charge >= 0.3 is 0 Å². The Labute approximate surface area is 208 Å². The molecule has 3 amide bonds. The molecule has 9 heteroatoms. The van der Waals surface area contributed by atoms with E-state index in [0.29, 0.717) is 24.4 Å². The molecule has 2 rings (SSSR count).